The molecule has 0 aliphatic heterocycles. The van der Waals surface area contributed by atoms with Crippen molar-refractivity contribution in [3.8, 4) is 0 Å². The zero-order valence-electron chi connectivity index (χ0n) is 17.5. The molecule has 0 amide bonds. The van der Waals surface area contributed by atoms with Crippen LogP contribution in [0.4, 0.5) is 0 Å². The number of rotatable bonds is 8. The minimum atomic E-state index is 0.403. The Morgan fingerprint density at radius 2 is 1.93 bits per heavy atom. The lowest BCUT2D eigenvalue weighted by Crippen LogP contribution is -2.38. The molecule has 0 aliphatic carbocycles. The Kier molecular flexibility index (Phi) is 7.85. The molecule has 6 heteroatoms. The summed E-state index contributed by atoms with van der Waals surface area (Å²) in [5.41, 5.74) is 4.79. The second-order valence-corrected chi connectivity index (χ2v) is 7.08. The van der Waals surface area contributed by atoms with Crippen LogP contribution in [-0.2, 0) is 31.5 Å². The van der Waals surface area contributed by atoms with Crippen LogP contribution in [0.2, 0.25) is 0 Å². The first-order valence-electron chi connectivity index (χ1n) is 9.54. The number of ether oxygens (including phenoxy) is 1. The standard InChI is InChI=1S/C21H33N5O/c1-7-27-15-18-10-8-17(9-11-18)12-23-21(22-4)25(5)13-19-14-26(6)24-20(19)16(2)3/h8-11,14,16H,7,12-13,15H2,1-6H3,(H,22,23). The van der Waals surface area contributed by atoms with Crippen molar-refractivity contribution in [1.29, 1.82) is 0 Å². The molecule has 1 heterocycles. The molecular formula is C21H33N5O. The van der Waals surface area contributed by atoms with Gasteiger partial charge in [0.15, 0.2) is 5.96 Å². The molecule has 0 unspecified atom stereocenters. The number of hydrogen-bond acceptors (Lipinski definition) is 3. The summed E-state index contributed by atoms with van der Waals surface area (Å²) in [6.45, 7) is 9.27. The van der Waals surface area contributed by atoms with Gasteiger partial charge >= 0.3 is 0 Å². The van der Waals surface area contributed by atoms with Gasteiger partial charge < -0.3 is 15.0 Å². The number of benzene rings is 1. The molecule has 0 saturated carbocycles. The van der Waals surface area contributed by atoms with Gasteiger partial charge in [-0.05, 0) is 24.0 Å². The van der Waals surface area contributed by atoms with E-state index in [1.54, 1.807) is 0 Å². The lowest BCUT2D eigenvalue weighted by molar-refractivity contribution is 0.134. The SMILES string of the molecule is CCOCc1ccc(CNC(=NC)N(C)Cc2cn(C)nc2C(C)C)cc1. The highest BCUT2D eigenvalue weighted by molar-refractivity contribution is 5.79. The normalized spacial score (nSPS) is 11.9. The molecular weight excluding hydrogens is 338 g/mol. The molecule has 2 aromatic rings. The van der Waals surface area contributed by atoms with Crippen molar-refractivity contribution < 1.29 is 4.74 Å². The molecule has 1 aromatic carbocycles. The minimum Gasteiger partial charge on any atom is -0.377 e. The van der Waals surface area contributed by atoms with Crippen LogP contribution in [0.25, 0.3) is 0 Å². The number of aryl methyl sites for hydroxylation is 1. The highest BCUT2D eigenvalue weighted by Crippen LogP contribution is 2.18. The van der Waals surface area contributed by atoms with Crippen LogP contribution >= 0.6 is 0 Å². The summed E-state index contributed by atoms with van der Waals surface area (Å²) in [5.74, 6) is 1.27. The third kappa shape index (κ3) is 6.10. The van der Waals surface area contributed by atoms with Crippen molar-refractivity contribution in [2.45, 2.75) is 46.4 Å². The van der Waals surface area contributed by atoms with E-state index in [0.29, 0.717) is 12.5 Å². The van der Waals surface area contributed by atoms with Crippen LogP contribution in [0, 0.1) is 0 Å². The van der Waals surface area contributed by atoms with Gasteiger partial charge in [-0.3, -0.25) is 9.67 Å². The van der Waals surface area contributed by atoms with Gasteiger partial charge in [0.2, 0.25) is 0 Å². The van der Waals surface area contributed by atoms with Crippen LogP contribution in [0.3, 0.4) is 0 Å². The second kappa shape index (κ2) is 10.1. The van der Waals surface area contributed by atoms with Gasteiger partial charge in [0.05, 0.1) is 12.3 Å². The van der Waals surface area contributed by atoms with Crippen LogP contribution in [0.5, 0.6) is 0 Å². The van der Waals surface area contributed by atoms with Crippen molar-refractivity contribution in [2.24, 2.45) is 12.0 Å². The lowest BCUT2D eigenvalue weighted by atomic mass is 10.1. The fourth-order valence-electron chi connectivity index (χ4n) is 3.03. The Labute approximate surface area is 163 Å². The van der Waals surface area contributed by atoms with Crippen molar-refractivity contribution >= 4 is 5.96 Å². The molecule has 0 saturated heterocycles. The van der Waals surface area contributed by atoms with Crippen molar-refractivity contribution in [1.82, 2.24) is 20.0 Å². The maximum Gasteiger partial charge on any atom is 0.193 e. The number of hydrogen-bond donors (Lipinski definition) is 1. The Morgan fingerprint density at radius 1 is 1.26 bits per heavy atom. The largest absolute Gasteiger partial charge is 0.377 e. The molecule has 1 aromatic heterocycles. The van der Waals surface area contributed by atoms with Crippen LogP contribution < -0.4 is 5.32 Å². The summed E-state index contributed by atoms with van der Waals surface area (Å²) in [6.07, 6.45) is 2.09. The highest BCUT2D eigenvalue weighted by Gasteiger charge is 2.15. The zero-order valence-corrected chi connectivity index (χ0v) is 17.5. The highest BCUT2D eigenvalue weighted by atomic mass is 16.5. The van der Waals surface area contributed by atoms with E-state index >= 15 is 0 Å². The minimum absolute atomic E-state index is 0.403. The first kappa shape index (κ1) is 21.0. The third-order valence-corrected chi connectivity index (χ3v) is 4.41. The summed E-state index contributed by atoms with van der Waals surface area (Å²) >= 11 is 0. The average Bonchev–Trinajstić information content (AvgIpc) is 3.02. The molecule has 1 N–H and O–H groups in total. The molecule has 0 spiro atoms. The summed E-state index contributed by atoms with van der Waals surface area (Å²) in [4.78, 5) is 6.55. The maximum absolute atomic E-state index is 5.44. The predicted octanol–water partition coefficient (Wildman–Crippen LogP) is 3.29. The van der Waals surface area contributed by atoms with E-state index in [4.69, 9.17) is 4.74 Å². The van der Waals surface area contributed by atoms with Gasteiger partial charge in [0.25, 0.3) is 0 Å². The summed E-state index contributed by atoms with van der Waals surface area (Å²) in [6, 6.07) is 8.49. The number of guanidine groups is 1. The van der Waals surface area contributed by atoms with Gasteiger partial charge in [-0.25, -0.2) is 0 Å². The quantitative estimate of drug-likeness (QED) is 0.571. The molecule has 0 atom stereocenters. The zero-order chi connectivity index (χ0) is 19.8. The average molecular weight is 372 g/mol. The summed E-state index contributed by atoms with van der Waals surface area (Å²) in [7, 11) is 5.84. The second-order valence-electron chi connectivity index (χ2n) is 7.08. The molecule has 0 bridgehead atoms. The van der Waals surface area contributed by atoms with E-state index in [9.17, 15) is 0 Å². The molecule has 27 heavy (non-hydrogen) atoms. The van der Waals surface area contributed by atoms with Crippen LogP contribution in [0.15, 0.2) is 35.5 Å². The Hall–Kier alpha value is -2.34. The van der Waals surface area contributed by atoms with Gasteiger partial charge in [-0.2, -0.15) is 5.10 Å². The number of aliphatic imine (C=N–C) groups is 1. The summed E-state index contributed by atoms with van der Waals surface area (Å²) in [5, 5.41) is 8.03. The summed E-state index contributed by atoms with van der Waals surface area (Å²) < 4.78 is 7.33. The van der Waals surface area contributed by atoms with E-state index in [1.165, 1.54) is 16.7 Å². The van der Waals surface area contributed by atoms with E-state index in [0.717, 1.165) is 31.3 Å². The fourth-order valence-corrected chi connectivity index (χ4v) is 3.03. The van der Waals surface area contributed by atoms with Crippen molar-refractivity contribution in [3.63, 3.8) is 0 Å². The first-order chi connectivity index (χ1) is 12.9. The molecule has 6 nitrogen and oxygen atoms in total. The maximum atomic E-state index is 5.44. The molecule has 148 valence electrons. The van der Waals surface area contributed by atoms with Crippen molar-refractivity contribution in [3.05, 3.63) is 52.8 Å². The molecule has 0 radical (unpaired) electrons. The smallest absolute Gasteiger partial charge is 0.193 e. The molecule has 0 fully saturated rings. The number of nitrogens with zero attached hydrogens (tertiary/aromatic N) is 4. The topological polar surface area (TPSA) is 54.7 Å². The Balaban J connectivity index is 1.95. The van der Waals surface area contributed by atoms with Gasteiger partial charge in [0.1, 0.15) is 0 Å². The van der Waals surface area contributed by atoms with E-state index < -0.39 is 0 Å². The van der Waals surface area contributed by atoms with Gasteiger partial charge in [-0.15, -0.1) is 0 Å². The predicted molar refractivity (Wildman–Crippen MR) is 111 cm³/mol. The monoisotopic (exact) mass is 371 g/mol. The fraction of sp³-hybridized carbons (Fsp3) is 0.524. The first-order valence-corrected chi connectivity index (χ1v) is 9.54. The third-order valence-electron chi connectivity index (χ3n) is 4.41. The van der Waals surface area contributed by atoms with Gasteiger partial charge in [0, 0.05) is 52.6 Å². The Bertz CT molecular complexity index is 734. The number of aromatic nitrogens is 2. The van der Waals surface area contributed by atoms with Crippen molar-refractivity contribution in [2.75, 3.05) is 20.7 Å². The van der Waals surface area contributed by atoms with E-state index in [1.807, 2.05) is 25.7 Å². The lowest BCUT2D eigenvalue weighted by Gasteiger charge is -2.22. The van der Waals surface area contributed by atoms with Crippen LogP contribution in [-0.4, -0.2) is 41.3 Å². The number of nitrogens with one attached hydrogen (secondary N) is 1. The van der Waals surface area contributed by atoms with E-state index in [2.05, 4.69) is 71.7 Å². The van der Waals surface area contributed by atoms with E-state index in [-0.39, 0.29) is 0 Å². The molecule has 0 aliphatic rings. The molecule has 2 rings (SSSR count). The Morgan fingerprint density at radius 3 is 2.52 bits per heavy atom. The van der Waals surface area contributed by atoms with Gasteiger partial charge in [-0.1, -0.05) is 38.1 Å². The van der Waals surface area contributed by atoms with Crippen LogP contribution in [0.1, 0.15) is 49.1 Å².